The SMILES string of the molecule is CCCNC(=O)c1ccc(-c2cc3c(cc2C(=O)Nc2ccc4[nH]ccc4c2Br)-c2nccn2CCO3)c(C(=O)OC)n1. The van der Waals surface area contributed by atoms with Crippen LogP contribution in [0.4, 0.5) is 5.69 Å². The van der Waals surface area contributed by atoms with E-state index in [0.29, 0.717) is 58.1 Å². The van der Waals surface area contributed by atoms with Crippen molar-refractivity contribution in [2.24, 2.45) is 0 Å². The van der Waals surface area contributed by atoms with Crippen molar-refractivity contribution in [3.8, 4) is 28.3 Å². The Labute approximate surface area is 254 Å². The number of nitrogens with one attached hydrogen (secondary N) is 3. The first kappa shape index (κ1) is 28.2. The second-order valence-corrected chi connectivity index (χ2v) is 10.6. The number of aromatic amines is 1. The Bertz CT molecular complexity index is 1900. The molecule has 2 aromatic carbocycles. The van der Waals surface area contributed by atoms with Crippen molar-refractivity contribution < 1.29 is 23.9 Å². The fourth-order valence-electron chi connectivity index (χ4n) is 5.04. The Balaban J connectivity index is 1.52. The van der Waals surface area contributed by atoms with Gasteiger partial charge in [-0.2, -0.15) is 0 Å². The minimum Gasteiger partial charge on any atom is -0.491 e. The van der Waals surface area contributed by atoms with Crippen molar-refractivity contribution >= 4 is 50.3 Å². The lowest BCUT2D eigenvalue weighted by Gasteiger charge is -2.17. The molecule has 0 fully saturated rings. The number of carbonyl (C=O) groups is 3. The van der Waals surface area contributed by atoms with Crippen molar-refractivity contribution in [1.82, 2.24) is 24.8 Å². The number of aromatic nitrogens is 4. The highest BCUT2D eigenvalue weighted by molar-refractivity contribution is 9.10. The van der Waals surface area contributed by atoms with Gasteiger partial charge in [0.05, 0.1) is 29.4 Å². The summed E-state index contributed by atoms with van der Waals surface area (Å²) in [5.74, 6) is -0.460. The highest BCUT2D eigenvalue weighted by Gasteiger charge is 2.27. The van der Waals surface area contributed by atoms with E-state index in [0.717, 1.165) is 17.3 Å². The third-order valence-electron chi connectivity index (χ3n) is 7.16. The summed E-state index contributed by atoms with van der Waals surface area (Å²) < 4.78 is 13.8. The average Bonchev–Trinajstić information content (AvgIpc) is 3.67. The Morgan fingerprint density at radius 3 is 2.77 bits per heavy atom. The van der Waals surface area contributed by atoms with Crippen LogP contribution >= 0.6 is 15.9 Å². The monoisotopic (exact) mass is 642 g/mol. The second kappa shape index (κ2) is 11.7. The van der Waals surface area contributed by atoms with Crippen LogP contribution in [0, 0.1) is 0 Å². The molecular formula is C31H27BrN6O5. The first-order chi connectivity index (χ1) is 20.9. The van der Waals surface area contributed by atoms with E-state index in [1.165, 1.54) is 13.2 Å². The zero-order valence-electron chi connectivity index (χ0n) is 23.4. The summed E-state index contributed by atoms with van der Waals surface area (Å²) in [6.45, 7) is 3.35. The van der Waals surface area contributed by atoms with Gasteiger partial charge in [-0.05, 0) is 64.8 Å². The molecule has 0 unspecified atom stereocenters. The summed E-state index contributed by atoms with van der Waals surface area (Å²) in [4.78, 5) is 51.8. The first-order valence-corrected chi connectivity index (χ1v) is 14.5. The molecule has 3 aromatic heterocycles. The van der Waals surface area contributed by atoms with E-state index in [4.69, 9.17) is 9.47 Å². The standard InChI is InChI=1S/C31H27BrN6O5/c1-3-9-35-30(40)24-5-4-17(27(36-24)31(41)42-2)19-16-25-21(28-34-11-12-38(28)13-14-43-25)15-20(19)29(39)37-23-7-6-22-18(26(23)32)8-10-33-22/h4-8,10-12,15-16,33H,3,9,13-14H2,1-2H3,(H,35,40)(H,37,39). The number of methoxy groups -OCH3 is 1. The molecule has 3 N–H and O–H groups in total. The van der Waals surface area contributed by atoms with Crippen molar-refractivity contribution in [1.29, 1.82) is 0 Å². The molecule has 0 atom stereocenters. The van der Waals surface area contributed by atoms with Gasteiger partial charge in [0.1, 0.15) is 23.9 Å². The molecule has 0 bridgehead atoms. The summed E-state index contributed by atoms with van der Waals surface area (Å²) >= 11 is 3.61. The number of hydrogen-bond acceptors (Lipinski definition) is 7. The zero-order chi connectivity index (χ0) is 30.1. The number of fused-ring (bicyclic) bond motifs is 4. The van der Waals surface area contributed by atoms with E-state index in [1.807, 2.05) is 36.0 Å². The van der Waals surface area contributed by atoms with E-state index in [2.05, 4.69) is 41.5 Å². The maximum absolute atomic E-state index is 14.1. The van der Waals surface area contributed by atoms with Gasteiger partial charge in [-0.1, -0.05) is 6.92 Å². The lowest BCUT2D eigenvalue weighted by Crippen LogP contribution is -2.26. The van der Waals surface area contributed by atoms with E-state index in [9.17, 15) is 14.4 Å². The van der Waals surface area contributed by atoms with Gasteiger partial charge in [-0.15, -0.1) is 0 Å². The summed E-state index contributed by atoms with van der Waals surface area (Å²) in [6.07, 6.45) is 6.11. The molecule has 218 valence electrons. The quantitative estimate of drug-likeness (QED) is 0.201. The third-order valence-corrected chi connectivity index (χ3v) is 8.01. The largest absolute Gasteiger partial charge is 0.491 e. The fourth-order valence-corrected chi connectivity index (χ4v) is 5.62. The average molecular weight is 643 g/mol. The van der Waals surface area contributed by atoms with Gasteiger partial charge < -0.3 is 29.7 Å². The van der Waals surface area contributed by atoms with Gasteiger partial charge in [0.2, 0.25) is 0 Å². The molecule has 1 aliphatic rings. The smallest absolute Gasteiger partial charge is 0.357 e. The molecule has 0 aliphatic carbocycles. The van der Waals surface area contributed by atoms with Gasteiger partial charge in [-0.3, -0.25) is 9.59 Å². The predicted molar refractivity (Wildman–Crippen MR) is 164 cm³/mol. The zero-order valence-corrected chi connectivity index (χ0v) is 24.9. The number of rotatable bonds is 7. The number of amides is 2. The maximum Gasteiger partial charge on any atom is 0.357 e. The summed E-state index contributed by atoms with van der Waals surface area (Å²) in [6, 6.07) is 12.1. The van der Waals surface area contributed by atoms with Crippen LogP contribution in [0.1, 0.15) is 44.7 Å². The van der Waals surface area contributed by atoms with E-state index < -0.39 is 17.8 Å². The molecule has 0 spiro atoms. The molecular weight excluding hydrogens is 616 g/mol. The molecule has 2 amide bonds. The van der Waals surface area contributed by atoms with E-state index in [1.54, 1.807) is 30.5 Å². The Morgan fingerprint density at radius 2 is 1.95 bits per heavy atom. The minimum atomic E-state index is -0.751. The second-order valence-electron chi connectivity index (χ2n) is 9.85. The van der Waals surface area contributed by atoms with Crippen LogP contribution in [0.5, 0.6) is 5.75 Å². The van der Waals surface area contributed by atoms with Crippen molar-refractivity contribution in [3.05, 3.63) is 82.5 Å². The summed E-state index contributed by atoms with van der Waals surface area (Å²) in [7, 11) is 1.24. The highest BCUT2D eigenvalue weighted by Crippen LogP contribution is 2.40. The van der Waals surface area contributed by atoms with Crippen LogP contribution in [0.15, 0.2) is 65.5 Å². The van der Waals surface area contributed by atoms with Crippen LogP contribution in [-0.4, -0.2) is 57.6 Å². The maximum atomic E-state index is 14.1. The van der Waals surface area contributed by atoms with Crippen LogP contribution < -0.4 is 15.4 Å². The lowest BCUT2D eigenvalue weighted by atomic mass is 9.94. The molecule has 12 heteroatoms. The number of benzene rings is 2. The minimum absolute atomic E-state index is 0.0559. The molecule has 43 heavy (non-hydrogen) atoms. The van der Waals surface area contributed by atoms with Crippen molar-refractivity contribution in [3.63, 3.8) is 0 Å². The van der Waals surface area contributed by atoms with Gasteiger partial charge in [0, 0.05) is 52.7 Å². The molecule has 0 saturated carbocycles. The van der Waals surface area contributed by atoms with Gasteiger partial charge in [0.15, 0.2) is 5.69 Å². The third kappa shape index (κ3) is 5.25. The summed E-state index contributed by atoms with van der Waals surface area (Å²) in [5, 5.41) is 6.68. The van der Waals surface area contributed by atoms with Crippen molar-refractivity contribution in [2.45, 2.75) is 19.9 Å². The number of H-pyrrole nitrogens is 1. The molecule has 0 saturated heterocycles. The number of nitrogens with zero attached hydrogens (tertiary/aromatic N) is 3. The van der Waals surface area contributed by atoms with E-state index in [-0.39, 0.29) is 17.0 Å². The number of halogens is 1. The molecule has 1 aliphatic heterocycles. The number of carbonyl (C=O) groups excluding carboxylic acids is 3. The number of hydrogen-bond donors (Lipinski definition) is 3. The summed E-state index contributed by atoms with van der Waals surface area (Å²) in [5.41, 5.74) is 2.98. The fraction of sp³-hybridized carbons (Fsp3) is 0.194. The predicted octanol–water partition coefficient (Wildman–Crippen LogP) is 5.43. The first-order valence-electron chi connectivity index (χ1n) is 13.7. The Morgan fingerprint density at radius 1 is 1.09 bits per heavy atom. The molecule has 6 rings (SSSR count). The number of imidazole rings is 1. The van der Waals surface area contributed by atoms with Gasteiger partial charge in [-0.25, -0.2) is 14.8 Å². The van der Waals surface area contributed by atoms with Gasteiger partial charge >= 0.3 is 5.97 Å². The molecule has 4 heterocycles. The van der Waals surface area contributed by atoms with Gasteiger partial charge in [0.25, 0.3) is 11.8 Å². The molecule has 0 radical (unpaired) electrons. The van der Waals surface area contributed by atoms with Crippen LogP contribution in [-0.2, 0) is 11.3 Å². The normalized spacial score (nSPS) is 12.1. The van der Waals surface area contributed by atoms with Crippen LogP contribution in [0.3, 0.4) is 0 Å². The topological polar surface area (TPSA) is 140 Å². The number of pyridine rings is 1. The molecule has 11 nitrogen and oxygen atoms in total. The number of ether oxygens (including phenoxy) is 2. The number of esters is 1. The van der Waals surface area contributed by atoms with E-state index >= 15 is 0 Å². The molecule has 5 aromatic rings. The Hall–Kier alpha value is -4.97. The Kier molecular flexibility index (Phi) is 7.68. The highest BCUT2D eigenvalue weighted by atomic mass is 79.9. The number of anilines is 1. The van der Waals surface area contributed by atoms with Crippen LogP contribution in [0.2, 0.25) is 0 Å². The van der Waals surface area contributed by atoms with Crippen LogP contribution in [0.25, 0.3) is 33.4 Å². The lowest BCUT2D eigenvalue weighted by molar-refractivity contribution is 0.0594. The van der Waals surface area contributed by atoms with Crippen molar-refractivity contribution in [2.75, 3.05) is 25.6 Å².